The maximum Gasteiger partial charge on any atom is 0.263 e. The number of piperazine rings is 1. The summed E-state index contributed by atoms with van der Waals surface area (Å²) in [7, 11) is -3.91. The zero-order chi connectivity index (χ0) is 19.4. The van der Waals surface area contributed by atoms with Gasteiger partial charge < -0.3 is 9.80 Å². The van der Waals surface area contributed by atoms with Crippen molar-refractivity contribution in [3.05, 3.63) is 53.1 Å². The first-order valence-corrected chi connectivity index (χ1v) is 10.7. The third-order valence-corrected chi connectivity index (χ3v) is 6.47. The summed E-state index contributed by atoms with van der Waals surface area (Å²) < 4.78 is 28.4. The van der Waals surface area contributed by atoms with Crippen molar-refractivity contribution >= 4 is 33.0 Å². The van der Waals surface area contributed by atoms with Gasteiger partial charge in [-0.2, -0.15) is 5.26 Å². The minimum absolute atomic E-state index is 0.0429. The van der Waals surface area contributed by atoms with E-state index >= 15 is 0 Å². The van der Waals surface area contributed by atoms with E-state index in [1.165, 1.54) is 17.0 Å². The van der Waals surface area contributed by atoms with Crippen molar-refractivity contribution in [2.24, 2.45) is 0 Å². The molecule has 6 nitrogen and oxygen atoms in total. The molecule has 2 aromatic rings. The number of nitrogens with zero attached hydrogens (tertiary/aromatic N) is 2. The molecule has 0 bridgehead atoms. The summed E-state index contributed by atoms with van der Waals surface area (Å²) in [5.74, 6) is 0. The first-order chi connectivity index (χ1) is 12.9. The summed E-state index contributed by atoms with van der Waals surface area (Å²) in [4.78, 5) is 3.66. The van der Waals surface area contributed by atoms with Crippen LogP contribution in [0.1, 0.15) is 12.5 Å². The quantitative estimate of drug-likeness (QED) is 0.794. The molecule has 2 aromatic carbocycles. The Hall–Kier alpha value is -2.27. The van der Waals surface area contributed by atoms with Gasteiger partial charge in [0.15, 0.2) is 0 Å². The number of rotatable bonds is 5. The van der Waals surface area contributed by atoms with E-state index in [-0.39, 0.29) is 10.5 Å². The second kappa shape index (κ2) is 8.17. The van der Waals surface area contributed by atoms with Gasteiger partial charge in [0.05, 0.1) is 49.7 Å². The van der Waals surface area contributed by atoms with Gasteiger partial charge in [-0.25, -0.2) is 8.42 Å². The lowest BCUT2D eigenvalue weighted by Gasteiger charge is -2.34. The van der Waals surface area contributed by atoms with Crippen LogP contribution in [0, 0.1) is 11.3 Å². The van der Waals surface area contributed by atoms with Crippen LogP contribution < -0.4 is 14.5 Å². The molecule has 0 aliphatic carbocycles. The van der Waals surface area contributed by atoms with Gasteiger partial charge in [-0.1, -0.05) is 23.7 Å². The Balaban J connectivity index is 1.93. The van der Waals surface area contributed by atoms with Crippen molar-refractivity contribution in [3.63, 3.8) is 0 Å². The molecule has 0 aromatic heterocycles. The van der Waals surface area contributed by atoms with E-state index in [1.54, 1.807) is 24.3 Å². The Morgan fingerprint density at radius 1 is 1.22 bits per heavy atom. The smallest absolute Gasteiger partial charge is 0.263 e. The van der Waals surface area contributed by atoms with Gasteiger partial charge in [0.2, 0.25) is 0 Å². The number of benzene rings is 2. The lowest BCUT2D eigenvalue weighted by Crippen LogP contribution is -3.14. The number of anilines is 2. The Morgan fingerprint density at radius 2 is 1.93 bits per heavy atom. The van der Waals surface area contributed by atoms with Gasteiger partial charge in [0.25, 0.3) is 10.0 Å². The van der Waals surface area contributed by atoms with E-state index in [1.807, 2.05) is 12.1 Å². The molecule has 0 atom stereocenters. The van der Waals surface area contributed by atoms with Gasteiger partial charge in [-0.3, -0.25) is 4.72 Å². The first-order valence-electron chi connectivity index (χ1n) is 8.84. The fourth-order valence-corrected chi connectivity index (χ4v) is 4.67. The van der Waals surface area contributed by atoms with Crippen LogP contribution >= 0.6 is 11.6 Å². The Bertz CT molecular complexity index is 964. The number of quaternary nitrogens is 1. The van der Waals surface area contributed by atoms with Crippen LogP contribution in [0.25, 0.3) is 0 Å². The van der Waals surface area contributed by atoms with Crippen molar-refractivity contribution in [2.75, 3.05) is 42.3 Å². The largest absolute Gasteiger partial charge is 0.359 e. The van der Waals surface area contributed by atoms with Gasteiger partial charge in [-0.15, -0.1) is 0 Å². The molecule has 1 aliphatic rings. The molecule has 1 aliphatic heterocycles. The average Bonchev–Trinajstić information content (AvgIpc) is 2.68. The van der Waals surface area contributed by atoms with Crippen LogP contribution in [0.2, 0.25) is 5.02 Å². The zero-order valence-corrected chi connectivity index (χ0v) is 16.6. The number of nitriles is 1. The highest BCUT2D eigenvalue weighted by atomic mass is 35.5. The summed E-state index contributed by atoms with van der Waals surface area (Å²) in [6.07, 6.45) is 0. The van der Waals surface area contributed by atoms with Crippen LogP contribution in [0.4, 0.5) is 11.4 Å². The Labute approximate surface area is 165 Å². The van der Waals surface area contributed by atoms with Crippen LogP contribution in [-0.4, -0.2) is 41.1 Å². The highest BCUT2D eigenvalue weighted by Crippen LogP contribution is 2.31. The standard InChI is InChI=1S/C19H21ClN4O2S/c1-2-23-9-11-24(12-10-23)18-8-7-16(20)13-17(18)22-27(25,26)19-6-4-3-5-15(19)14-21/h3-8,13,22H,2,9-12H2,1H3/p+1. The monoisotopic (exact) mass is 405 g/mol. The van der Waals surface area contributed by atoms with Crippen molar-refractivity contribution in [3.8, 4) is 6.07 Å². The fraction of sp³-hybridized carbons (Fsp3) is 0.316. The minimum atomic E-state index is -3.91. The maximum absolute atomic E-state index is 12.9. The first kappa shape index (κ1) is 19.5. The lowest BCUT2D eigenvalue weighted by atomic mass is 10.2. The predicted molar refractivity (Wildman–Crippen MR) is 107 cm³/mol. The Morgan fingerprint density at radius 3 is 2.59 bits per heavy atom. The highest BCUT2D eigenvalue weighted by Gasteiger charge is 2.24. The number of likely N-dealkylation sites (N-methyl/N-ethyl adjacent to an activating group) is 1. The van der Waals surface area contributed by atoms with E-state index in [2.05, 4.69) is 16.5 Å². The molecule has 1 heterocycles. The summed E-state index contributed by atoms with van der Waals surface area (Å²) >= 11 is 6.12. The van der Waals surface area contributed by atoms with Gasteiger partial charge in [0.1, 0.15) is 11.0 Å². The van der Waals surface area contributed by atoms with E-state index in [9.17, 15) is 13.7 Å². The van der Waals surface area contributed by atoms with Gasteiger partial charge >= 0.3 is 0 Å². The number of sulfonamides is 1. The topological polar surface area (TPSA) is 77.6 Å². The molecule has 1 fully saturated rings. The maximum atomic E-state index is 12.9. The Kier molecular flexibility index (Phi) is 5.90. The summed E-state index contributed by atoms with van der Waals surface area (Å²) in [5.41, 5.74) is 1.33. The van der Waals surface area contributed by atoms with Crippen LogP contribution in [-0.2, 0) is 10.0 Å². The van der Waals surface area contributed by atoms with Crippen molar-refractivity contribution < 1.29 is 13.3 Å². The third kappa shape index (κ3) is 4.35. The molecular formula is C19H22ClN4O2S+. The van der Waals surface area contributed by atoms with E-state index < -0.39 is 10.0 Å². The zero-order valence-electron chi connectivity index (χ0n) is 15.1. The molecule has 8 heteroatoms. The second-order valence-electron chi connectivity index (χ2n) is 6.47. The van der Waals surface area contributed by atoms with Crippen LogP contribution in [0.3, 0.4) is 0 Å². The molecule has 3 rings (SSSR count). The van der Waals surface area contributed by atoms with Gasteiger partial charge in [-0.05, 0) is 37.3 Å². The SMILES string of the molecule is CC[NH+]1CCN(c2ccc(Cl)cc2NS(=O)(=O)c2ccccc2C#N)CC1. The molecule has 1 saturated heterocycles. The minimum Gasteiger partial charge on any atom is -0.359 e. The molecule has 0 radical (unpaired) electrons. The number of nitrogens with one attached hydrogen (secondary N) is 2. The molecule has 0 spiro atoms. The van der Waals surface area contributed by atoms with Crippen molar-refractivity contribution in [1.82, 2.24) is 0 Å². The molecular weight excluding hydrogens is 384 g/mol. The normalized spacial score (nSPS) is 15.4. The number of halogens is 1. The van der Waals surface area contributed by atoms with Gasteiger partial charge in [0, 0.05) is 5.02 Å². The van der Waals surface area contributed by atoms with E-state index in [4.69, 9.17) is 11.6 Å². The third-order valence-electron chi connectivity index (χ3n) is 4.81. The average molecular weight is 406 g/mol. The fourth-order valence-electron chi connectivity index (χ4n) is 3.28. The number of hydrogen-bond donors (Lipinski definition) is 2. The predicted octanol–water partition coefficient (Wildman–Crippen LogP) is 1.74. The summed E-state index contributed by atoms with van der Waals surface area (Å²) in [6, 6.07) is 13.3. The molecule has 142 valence electrons. The molecule has 27 heavy (non-hydrogen) atoms. The summed E-state index contributed by atoms with van der Waals surface area (Å²) in [5, 5.41) is 9.67. The van der Waals surface area contributed by atoms with E-state index in [0.29, 0.717) is 10.7 Å². The molecule has 0 amide bonds. The van der Waals surface area contributed by atoms with Crippen LogP contribution in [0.5, 0.6) is 0 Å². The lowest BCUT2D eigenvalue weighted by molar-refractivity contribution is -0.898. The molecule has 0 saturated carbocycles. The summed E-state index contributed by atoms with van der Waals surface area (Å²) in [6.45, 7) is 6.94. The van der Waals surface area contributed by atoms with E-state index in [0.717, 1.165) is 38.4 Å². The highest BCUT2D eigenvalue weighted by molar-refractivity contribution is 7.92. The molecule has 2 N–H and O–H groups in total. The van der Waals surface area contributed by atoms with Crippen molar-refractivity contribution in [2.45, 2.75) is 11.8 Å². The second-order valence-corrected chi connectivity index (χ2v) is 8.55. The molecule has 0 unspecified atom stereocenters. The number of hydrogen-bond acceptors (Lipinski definition) is 4. The van der Waals surface area contributed by atoms with Crippen molar-refractivity contribution in [1.29, 1.82) is 5.26 Å². The van der Waals surface area contributed by atoms with Crippen LogP contribution in [0.15, 0.2) is 47.4 Å².